The van der Waals surface area contributed by atoms with E-state index in [-0.39, 0.29) is 24.0 Å². The molecule has 0 atom stereocenters. The third-order valence-electron chi connectivity index (χ3n) is 2.77. The largest absolute Gasteiger partial charge is 0.504 e. The fourth-order valence-corrected chi connectivity index (χ4v) is 2.00. The summed E-state index contributed by atoms with van der Waals surface area (Å²) in [6.45, 7) is 1.54. The topological polar surface area (TPSA) is 86.8 Å². The number of phenols is 2. The van der Waals surface area contributed by atoms with Gasteiger partial charge in [0.05, 0.1) is 6.54 Å². The van der Waals surface area contributed by atoms with Crippen LogP contribution in [0.5, 0.6) is 11.5 Å². The quantitative estimate of drug-likeness (QED) is 0.612. The van der Waals surface area contributed by atoms with Crippen molar-refractivity contribution in [3.63, 3.8) is 0 Å². The standard InChI is InChI=1S/C11H14N2O3/c12-11(16)6-13-2-1-7-3-9(14)10(15)4-8(7)5-13/h3-4,14-15H,1-2,5-6H2,(H2,12,16). The van der Waals surface area contributed by atoms with Crippen LogP contribution in [0.25, 0.3) is 0 Å². The van der Waals surface area contributed by atoms with Gasteiger partial charge in [-0.25, -0.2) is 0 Å². The Hall–Kier alpha value is -1.75. The third kappa shape index (κ3) is 2.09. The van der Waals surface area contributed by atoms with Gasteiger partial charge in [0.15, 0.2) is 11.5 Å². The second kappa shape index (κ2) is 4.02. The molecule has 1 amide bonds. The van der Waals surface area contributed by atoms with Gasteiger partial charge in [0.25, 0.3) is 0 Å². The molecule has 1 heterocycles. The lowest BCUT2D eigenvalue weighted by molar-refractivity contribution is -0.119. The predicted octanol–water partition coefficient (Wildman–Crippen LogP) is -0.0588. The van der Waals surface area contributed by atoms with Crippen LogP contribution >= 0.6 is 0 Å². The maximum absolute atomic E-state index is 10.8. The molecular weight excluding hydrogens is 208 g/mol. The van der Waals surface area contributed by atoms with Crippen LogP contribution in [0, 0.1) is 0 Å². The molecule has 0 bridgehead atoms. The number of hydrogen-bond donors (Lipinski definition) is 3. The normalized spacial score (nSPS) is 15.8. The Balaban J connectivity index is 2.20. The van der Waals surface area contributed by atoms with Gasteiger partial charge in [0.2, 0.25) is 5.91 Å². The minimum absolute atomic E-state index is 0.0953. The Bertz CT molecular complexity index is 431. The number of carbonyl (C=O) groups excluding carboxylic acids is 1. The van der Waals surface area contributed by atoms with Gasteiger partial charge in [-0.05, 0) is 29.7 Å². The first-order valence-electron chi connectivity index (χ1n) is 5.10. The van der Waals surface area contributed by atoms with E-state index in [0.717, 1.165) is 24.1 Å². The van der Waals surface area contributed by atoms with Crippen LogP contribution in [0.15, 0.2) is 12.1 Å². The number of nitrogens with zero attached hydrogens (tertiary/aromatic N) is 1. The first kappa shape index (κ1) is 10.8. The Morgan fingerprint density at radius 3 is 2.56 bits per heavy atom. The van der Waals surface area contributed by atoms with Crippen molar-refractivity contribution < 1.29 is 15.0 Å². The minimum atomic E-state index is -0.355. The van der Waals surface area contributed by atoms with E-state index in [1.54, 1.807) is 6.07 Å². The number of rotatable bonds is 2. The van der Waals surface area contributed by atoms with Gasteiger partial charge in [0, 0.05) is 13.1 Å². The number of benzene rings is 1. The van der Waals surface area contributed by atoms with Gasteiger partial charge in [-0.15, -0.1) is 0 Å². The Labute approximate surface area is 93.1 Å². The number of hydrogen-bond acceptors (Lipinski definition) is 4. The molecule has 0 radical (unpaired) electrons. The van der Waals surface area contributed by atoms with Crippen LogP contribution in [0.1, 0.15) is 11.1 Å². The van der Waals surface area contributed by atoms with Gasteiger partial charge in [-0.3, -0.25) is 9.69 Å². The molecule has 4 N–H and O–H groups in total. The van der Waals surface area contributed by atoms with Gasteiger partial charge in [0.1, 0.15) is 0 Å². The van der Waals surface area contributed by atoms with Crippen molar-refractivity contribution in [3.05, 3.63) is 23.3 Å². The summed E-state index contributed by atoms with van der Waals surface area (Å²) in [5.41, 5.74) is 7.07. The van der Waals surface area contributed by atoms with Crippen LogP contribution in [0.3, 0.4) is 0 Å². The second-order valence-corrected chi connectivity index (χ2v) is 4.04. The molecule has 0 aromatic heterocycles. The fourth-order valence-electron chi connectivity index (χ4n) is 2.00. The molecule has 0 unspecified atom stereocenters. The lowest BCUT2D eigenvalue weighted by atomic mass is 9.99. The van der Waals surface area contributed by atoms with Gasteiger partial charge >= 0.3 is 0 Å². The van der Waals surface area contributed by atoms with E-state index >= 15 is 0 Å². The number of phenolic OH excluding ortho intramolecular Hbond substituents is 2. The summed E-state index contributed by atoms with van der Waals surface area (Å²) in [6.07, 6.45) is 0.746. The van der Waals surface area contributed by atoms with Crippen molar-refractivity contribution in [3.8, 4) is 11.5 Å². The summed E-state index contributed by atoms with van der Waals surface area (Å²) >= 11 is 0. The average molecular weight is 222 g/mol. The molecule has 86 valence electrons. The monoisotopic (exact) mass is 222 g/mol. The number of primary amides is 1. The summed E-state index contributed by atoms with van der Waals surface area (Å²) in [6, 6.07) is 3.12. The summed E-state index contributed by atoms with van der Waals surface area (Å²) in [5, 5.41) is 18.7. The zero-order valence-corrected chi connectivity index (χ0v) is 8.81. The summed E-state index contributed by atoms with van der Waals surface area (Å²) in [7, 11) is 0. The lowest BCUT2D eigenvalue weighted by Gasteiger charge is -2.27. The van der Waals surface area contributed by atoms with E-state index in [9.17, 15) is 15.0 Å². The van der Waals surface area contributed by atoms with Gasteiger partial charge in [-0.2, -0.15) is 0 Å². The number of amides is 1. The Kier molecular flexibility index (Phi) is 2.70. The van der Waals surface area contributed by atoms with Crippen LogP contribution in [-0.2, 0) is 17.8 Å². The molecule has 0 fully saturated rings. The second-order valence-electron chi connectivity index (χ2n) is 4.04. The van der Waals surface area contributed by atoms with E-state index in [1.807, 2.05) is 4.90 Å². The first-order chi connectivity index (χ1) is 7.56. The number of carbonyl (C=O) groups is 1. The number of nitrogens with two attached hydrogens (primary N) is 1. The molecule has 0 aliphatic carbocycles. The highest BCUT2D eigenvalue weighted by atomic mass is 16.3. The van der Waals surface area contributed by atoms with Crippen molar-refractivity contribution in [2.24, 2.45) is 5.73 Å². The van der Waals surface area contributed by atoms with Crippen molar-refractivity contribution in [2.75, 3.05) is 13.1 Å². The van der Waals surface area contributed by atoms with Crippen LogP contribution in [0.2, 0.25) is 0 Å². The molecule has 1 aromatic rings. The van der Waals surface area contributed by atoms with E-state index in [1.165, 1.54) is 6.07 Å². The lowest BCUT2D eigenvalue weighted by Crippen LogP contribution is -2.37. The highest BCUT2D eigenvalue weighted by molar-refractivity contribution is 5.76. The maximum atomic E-state index is 10.8. The zero-order chi connectivity index (χ0) is 11.7. The highest BCUT2D eigenvalue weighted by Gasteiger charge is 2.19. The van der Waals surface area contributed by atoms with Gasteiger partial charge < -0.3 is 15.9 Å². The van der Waals surface area contributed by atoms with Crippen molar-refractivity contribution in [1.29, 1.82) is 0 Å². The zero-order valence-electron chi connectivity index (χ0n) is 8.81. The van der Waals surface area contributed by atoms with Crippen LogP contribution < -0.4 is 5.73 Å². The highest BCUT2D eigenvalue weighted by Crippen LogP contribution is 2.31. The van der Waals surface area contributed by atoms with E-state index < -0.39 is 0 Å². The summed E-state index contributed by atoms with van der Waals surface area (Å²) < 4.78 is 0. The molecule has 0 saturated carbocycles. The molecule has 0 spiro atoms. The molecule has 2 rings (SSSR count). The van der Waals surface area contributed by atoms with Crippen molar-refractivity contribution in [2.45, 2.75) is 13.0 Å². The average Bonchev–Trinajstić information content (AvgIpc) is 2.19. The first-order valence-corrected chi connectivity index (χ1v) is 5.10. The molecule has 1 aromatic carbocycles. The molecule has 1 aliphatic rings. The number of aromatic hydroxyl groups is 2. The summed E-state index contributed by atoms with van der Waals surface area (Å²) in [5.74, 6) is -0.576. The van der Waals surface area contributed by atoms with Gasteiger partial charge in [-0.1, -0.05) is 0 Å². The molecule has 5 heteroatoms. The van der Waals surface area contributed by atoms with Crippen LogP contribution in [-0.4, -0.2) is 34.1 Å². The molecule has 0 saturated heterocycles. The number of fused-ring (bicyclic) bond motifs is 1. The Morgan fingerprint density at radius 2 is 1.94 bits per heavy atom. The minimum Gasteiger partial charge on any atom is -0.504 e. The third-order valence-corrected chi connectivity index (χ3v) is 2.77. The van der Waals surface area contributed by atoms with E-state index in [2.05, 4.69) is 0 Å². The van der Waals surface area contributed by atoms with Crippen molar-refractivity contribution >= 4 is 5.91 Å². The van der Waals surface area contributed by atoms with E-state index in [4.69, 9.17) is 5.73 Å². The smallest absolute Gasteiger partial charge is 0.231 e. The molecular formula is C11H14N2O3. The molecule has 5 nitrogen and oxygen atoms in total. The molecule has 16 heavy (non-hydrogen) atoms. The Morgan fingerprint density at radius 1 is 1.31 bits per heavy atom. The van der Waals surface area contributed by atoms with Crippen molar-refractivity contribution in [1.82, 2.24) is 4.90 Å². The molecule has 1 aliphatic heterocycles. The maximum Gasteiger partial charge on any atom is 0.231 e. The van der Waals surface area contributed by atoms with E-state index in [0.29, 0.717) is 6.54 Å². The predicted molar refractivity (Wildman–Crippen MR) is 57.9 cm³/mol. The fraction of sp³-hybridized carbons (Fsp3) is 0.364. The van der Waals surface area contributed by atoms with Crippen LogP contribution in [0.4, 0.5) is 0 Å². The summed E-state index contributed by atoms with van der Waals surface area (Å²) in [4.78, 5) is 12.7. The SMILES string of the molecule is NC(=O)CN1CCc2cc(O)c(O)cc2C1.